The fraction of sp³-hybridized carbons (Fsp3) is 0. The fourth-order valence-electron chi connectivity index (χ4n) is 2.57. The number of phenols is 1. The van der Waals surface area contributed by atoms with E-state index in [2.05, 4.69) is 15.3 Å². The van der Waals surface area contributed by atoms with Crippen molar-refractivity contribution < 1.29 is 9.90 Å². The second-order valence-electron chi connectivity index (χ2n) is 4.89. The zero-order valence-electron chi connectivity index (χ0n) is 10.9. The summed E-state index contributed by atoms with van der Waals surface area (Å²) in [6.45, 7) is 0. The number of carbonyl (C=O) groups is 1. The second-order valence-corrected chi connectivity index (χ2v) is 4.89. The molecular formula is C16H11N3O2. The Morgan fingerprint density at radius 1 is 1.24 bits per heavy atom. The molecule has 0 atom stereocenters. The molecule has 0 saturated carbocycles. The monoisotopic (exact) mass is 277 g/mol. The third-order valence-corrected chi connectivity index (χ3v) is 3.57. The average molecular weight is 277 g/mol. The minimum Gasteiger partial charge on any atom is -0.508 e. The quantitative estimate of drug-likeness (QED) is 0.598. The lowest BCUT2D eigenvalue weighted by molar-refractivity contribution is -0.110. The van der Waals surface area contributed by atoms with E-state index in [1.165, 1.54) is 0 Å². The highest BCUT2D eigenvalue weighted by atomic mass is 16.3. The van der Waals surface area contributed by atoms with Crippen LogP contribution in [0, 0.1) is 0 Å². The van der Waals surface area contributed by atoms with Crippen LogP contribution in [0.4, 0.5) is 5.82 Å². The Kier molecular flexibility index (Phi) is 2.35. The van der Waals surface area contributed by atoms with E-state index in [9.17, 15) is 9.90 Å². The highest BCUT2D eigenvalue weighted by molar-refractivity contribution is 6.34. The number of aromatic nitrogens is 2. The summed E-state index contributed by atoms with van der Waals surface area (Å²) in [6, 6.07) is 8.76. The molecule has 1 amide bonds. The SMILES string of the molecule is O=C1Nc2ncccc2C1=Cc1c[nH]c2ccc(O)cc12. The number of pyridine rings is 1. The van der Waals surface area contributed by atoms with E-state index in [0.29, 0.717) is 11.4 Å². The summed E-state index contributed by atoms with van der Waals surface area (Å²) in [5, 5.41) is 13.2. The maximum absolute atomic E-state index is 12.1. The number of aromatic amines is 1. The van der Waals surface area contributed by atoms with E-state index < -0.39 is 0 Å². The molecule has 5 nitrogen and oxygen atoms in total. The molecule has 102 valence electrons. The first-order valence-electron chi connectivity index (χ1n) is 6.51. The van der Waals surface area contributed by atoms with Crippen molar-refractivity contribution in [2.75, 3.05) is 5.32 Å². The first kappa shape index (κ1) is 11.7. The van der Waals surface area contributed by atoms with E-state index >= 15 is 0 Å². The summed E-state index contributed by atoms with van der Waals surface area (Å²) in [5.41, 5.74) is 3.12. The highest BCUT2D eigenvalue weighted by Crippen LogP contribution is 2.33. The van der Waals surface area contributed by atoms with Gasteiger partial charge in [0.1, 0.15) is 11.6 Å². The number of nitrogens with one attached hydrogen (secondary N) is 2. The van der Waals surface area contributed by atoms with Gasteiger partial charge in [-0.25, -0.2) is 4.98 Å². The fourth-order valence-corrected chi connectivity index (χ4v) is 2.57. The Balaban J connectivity index is 1.91. The van der Waals surface area contributed by atoms with Crippen LogP contribution in [-0.4, -0.2) is 21.0 Å². The van der Waals surface area contributed by atoms with Gasteiger partial charge in [0.2, 0.25) is 0 Å². The predicted octanol–water partition coefficient (Wildman–Crippen LogP) is 2.76. The van der Waals surface area contributed by atoms with Crippen LogP contribution in [0.5, 0.6) is 5.75 Å². The molecule has 3 heterocycles. The number of hydrogen-bond donors (Lipinski definition) is 3. The van der Waals surface area contributed by atoms with Crippen LogP contribution in [0.25, 0.3) is 22.6 Å². The summed E-state index contributed by atoms with van der Waals surface area (Å²) in [5.74, 6) is 0.606. The number of carbonyl (C=O) groups excluding carboxylic acids is 1. The Labute approximate surface area is 120 Å². The topological polar surface area (TPSA) is 78.0 Å². The summed E-state index contributed by atoms with van der Waals surface area (Å²) in [6.07, 6.45) is 5.27. The van der Waals surface area contributed by atoms with Gasteiger partial charge in [0.15, 0.2) is 0 Å². The summed E-state index contributed by atoms with van der Waals surface area (Å²) in [4.78, 5) is 19.4. The maximum atomic E-state index is 12.1. The third-order valence-electron chi connectivity index (χ3n) is 3.57. The van der Waals surface area contributed by atoms with E-state index in [0.717, 1.165) is 22.0 Å². The van der Waals surface area contributed by atoms with Gasteiger partial charge in [0.25, 0.3) is 5.91 Å². The van der Waals surface area contributed by atoms with Gasteiger partial charge in [-0.15, -0.1) is 0 Å². The molecule has 3 aromatic rings. The Hall–Kier alpha value is -3.08. The number of fused-ring (bicyclic) bond motifs is 2. The minimum atomic E-state index is -0.168. The molecule has 2 aromatic heterocycles. The lowest BCUT2D eigenvalue weighted by Crippen LogP contribution is -2.04. The van der Waals surface area contributed by atoms with Crippen molar-refractivity contribution in [3.8, 4) is 5.75 Å². The molecule has 21 heavy (non-hydrogen) atoms. The van der Waals surface area contributed by atoms with Gasteiger partial charge in [0, 0.05) is 34.4 Å². The van der Waals surface area contributed by atoms with Crippen molar-refractivity contribution in [2.24, 2.45) is 0 Å². The summed E-state index contributed by atoms with van der Waals surface area (Å²) < 4.78 is 0. The molecule has 0 bridgehead atoms. The van der Waals surface area contributed by atoms with Crippen LogP contribution in [0.15, 0.2) is 42.7 Å². The lowest BCUT2D eigenvalue weighted by atomic mass is 10.1. The van der Waals surface area contributed by atoms with Gasteiger partial charge in [-0.05, 0) is 36.4 Å². The molecule has 0 aliphatic carbocycles. The van der Waals surface area contributed by atoms with Crippen LogP contribution >= 0.6 is 0 Å². The molecule has 5 heteroatoms. The number of H-pyrrole nitrogens is 1. The number of nitrogens with zero attached hydrogens (tertiary/aromatic N) is 1. The molecule has 0 radical (unpaired) electrons. The largest absolute Gasteiger partial charge is 0.508 e. The van der Waals surface area contributed by atoms with Crippen molar-refractivity contribution in [2.45, 2.75) is 0 Å². The maximum Gasteiger partial charge on any atom is 0.257 e. The molecule has 0 unspecified atom stereocenters. The number of rotatable bonds is 1. The smallest absolute Gasteiger partial charge is 0.257 e. The normalized spacial score (nSPS) is 15.4. The number of phenolic OH excluding ortho intramolecular Hbond substituents is 1. The number of amides is 1. The lowest BCUT2D eigenvalue weighted by Gasteiger charge is -1.97. The van der Waals surface area contributed by atoms with Crippen molar-refractivity contribution in [3.05, 3.63) is 53.9 Å². The van der Waals surface area contributed by atoms with Gasteiger partial charge in [-0.1, -0.05) is 0 Å². The number of hydrogen-bond acceptors (Lipinski definition) is 3. The van der Waals surface area contributed by atoms with Gasteiger partial charge in [-0.3, -0.25) is 4.79 Å². The molecule has 0 saturated heterocycles. The van der Waals surface area contributed by atoms with E-state index in [1.54, 1.807) is 36.5 Å². The first-order chi connectivity index (χ1) is 10.2. The van der Waals surface area contributed by atoms with Crippen molar-refractivity contribution in [1.29, 1.82) is 0 Å². The molecule has 1 aliphatic heterocycles. The van der Waals surface area contributed by atoms with Crippen molar-refractivity contribution in [3.63, 3.8) is 0 Å². The molecule has 0 spiro atoms. The summed E-state index contributed by atoms with van der Waals surface area (Å²) in [7, 11) is 0. The van der Waals surface area contributed by atoms with Gasteiger partial charge < -0.3 is 15.4 Å². The predicted molar refractivity (Wildman–Crippen MR) is 80.7 cm³/mol. The Morgan fingerprint density at radius 3 is 3.05 bits per heavy atom. The third kappa shape index (κ3) is 1.79. The average Bonchev–Trinajstić information content (AvgIpc) is 3.01. The molecular weight excluding hydrogens is 266 g/mol. The minimum absolute atomic E-state index is 0.168. The number of benzene rings is 1. The molecule has 1 aromatic carbocycles. The number of aromatic hydroxyl groups is 1. The van der Waals surface area contributed by atoms with E-state index in [4.69, 9.17) is 0 Å². The van der Waals surface area contributed by atoms with Crippen LogP contribution < -0.4 is 5.32 Å². The second kappa shape index (κ2) is 4.21. The highest BCUT2D eigenvalue weighted by Gasteiger charge is 2.24. The molecule has 3 N–H and O–H groups in total. The zero-order valence-corrected chi connectivity index (χ0v) is 10.9. The van der Waals surface area contributed by atoms with Crippen LogP contribution in [0.3, 0.4) is 0 Å². The van der Waals surface area contributed by atoms with Gasteiger partial charge >= 0.3 is 0 Å². The van der Waals surface area contributed by atoms with E-state index in [-0.39, 0.29) is 11.7 Å². The molecule has 1 aliphatic rings. The standard InChI is InChI=1S/C16H11N3O2/c20-10-3-4-14-12(7-10)9(8-18-14)6-13-11-2-1-5-17-15(11)19-16(13)21/h1-8,18,20H,(H,17,19,21). The first-order valence-corrected chi connectivity index (χ1v) is 6.51. The Morgan fingerprint density at radius 2 is 2.14 bits per heavy atom. The zero-order chi connectivity index (χ0) is 14.4. The summed E-state index contributed by atoms with van der Waals surface area (Å²) >= 11 is 0. The van der Waals surface area contributed by atoms with Crippen molar-refractivity contribution >= 4 is 34.3 Å². The molecule has 4 rings (SSSR count). The van der Waals surface area contributed by atoms with Crippen molar-refractivity contribution in [1.82, 2.24) is 9.97 Å². The van der Waals surface area contributed by atoms with E-state index in [1.807, 2.05) is 12.3 Å². The number of anilines is 1. The van der Waals surface area contributed by atoms with Crippen LogP contribution in [0.1, 0.15) is 11.1 Å². The molecule has 0 fully saturated rings. The van der Waals surface area contributed by atoms with Crippen LogP contribution in [0.2, 0.25) is 0 Å². The van der Waals surface area contributed by atoms with Crippen LogP contribution in [-0.2, 0) is 4.79 Å². The van der Waals surface area contributed by atoms with Gasteiger partial charge in [0.05, 0.1) is 5.57 Å². The van der Waals surface area contributed by atoms with Gasteiger partial charge in [-0.2, -0.15) is 0 Å². The Bertz CT molecular complexity index is 909.